The highest BCUT2D eigenvalue weighted by Crippen LogP contribution is 2.16. The number of hydrogen-bond donors (Lipinski definition) is 1. The van der Waals surface area contributed by atoms with Crippen LogP contribution in [0, 0.1) is 0 Å². The van der Waals surface area contributed by atoms with E-state index in [0.29, 0.717) is 18.0 Å². The molecule has 0 aliphatic carbocycles. The minimum atomic E-state index is 0.525. The van der Waals surface area contributed by atoms with Crippen molar-refractivity contribution < 1.29 is 0 Å². The van der Waals surface area contributed by atoms with E-state index < -0.39 is 0 Å². The van der Waals surface area contributed by atoms with Gasteiger partial charge in [-0.25, -0.2) is 0 Å². The molecule has 6 nitrogen and oxygen atoms in total. The van der Waals surface area contributed by atoms with E-state index in [2.05, 4.69) is 51.3 Å². The van der Waals surface area contributed by atoms with Gasteiger partial charge in [0, 0.05) is 25.2 Å². The van der Waals surface area contributed by atoms with Gasteiger partial charge < -0.3 is 4.90 Å². The van der Waals surface area contributed by atoms with Gasteiger partial charge in [-0.2, -0.15) is 5.21 Å². The van der Waals surface area contributed by atoms with E-state index in [9.17, 15) is 0 Å². The number of anilines is 1. The SMILES string of the molecule is C[C@@H]1CN(c2nn[nH]n2)C[C@H](C)N1C. The normalized spacial score (nSPS) is 29.5. The van der Waals surface area contributed by atoms with Crippen LogP contribution in [0.1, 0.15) is 13.8 Å². The van der Waals surface area contributed by atoms with Crippen molar-refractivity contribution in [1.29, 1.82) is 0 Å². The number of tetrazole rings is 1. The lowest BCUT2D eigenvalue weighted by atomic mass is 10.1. The van der Waals surface area contributed by atoms with E-state index in [1.54, 1.807) is 0 Å². The maximum absolute atomic E-state index is 3.99. The quantitative estimate of drug-likeness (QED) is 0.670. The van der Waals surface area contributed by atoms with E-state index in [-0.39, 0.29) is 0 Å². The van der Waals surface area contributed by atoms with Crippen molar-refractivity contribution >= 4 is 5.95 Å². The number of aromatic nitrogens is 4. The van der Waals surface area contributed by atoms with Crippen LogP contribution in [0.25, 0.3) is 0 Å². The molecule has 78 valence electrons. The summed E-state index contributed by atoms with van der Waals surface area (Å²) in [5.41, 5.74) is 0. The average Bonchev–Trinajstić information content (AvgIpc) is 2.66. The van der Waals surface area contributed by atoms with Gasteiger partial charge >= 0.3 is 0 Å². The fraction of sp³-hybridized carbons (Fsp3) is 0.875. The highest BCUT2D eigenvalue weighted by molar-refractivity contribution is 5.28. The average molecular weight is 196 g/mol. The fourth-order valence-corrected chi connectivity index (χ4v) is 1.86. The molecule has 2 rings (SSSR count). The number of hydrogen-bond acceptors (Lipinski definition) is 5. The molecule has 1 aromatic rings. The Balaban J connectivity index is 2.10. The van der Waals surface area contributed by atoms with Gasteiger partial charge in [-0.05, 0) is 26.1 Å². The molecule has 0 aromatic carbocycles. The lowest BCUT2D eigenvalue weighted by Gasteiger charge is -2.41. The van der Waals surface area contributed by atoms with Crippen molar-refractivity contribution in [2.45, 2.75) is 25.9 Å². The van der Waals surface area contributed by atoms with Crippen LogP contribution in [0.4, 0.5) is 5.95 Å². The first-order valence-corrected chi connectivity index (χ1v) is 4.89. The molecule has 0 spiro atoms. The highest BCUT2D eigenvalue weighted by atomic mass is 15.5. The molecule has 1 aromatic heterocycles. The van der Waals surface area contributed by atoms with E-state index in [4.69, 9.17) is 0 Å². The third-order valence-corrected chi connectivity index (χ3v) is 2.98. The topological polar surface area (TPSA) is 60.9 Å². The molecule has 0 saturated carbocycles. The Hall–Kier alpha value is -1.17. The van der Waals surface area contributed by atoms with E-state index >= 15 is 0 Å². The molecule has 14 heavy (non-hydrogen) atoms. The number of aromatic amines is 1. The molecule has 1 aliphatic heterocycles. The molecule has 1 saturated heterocycles. The van der Waals surface area contributed by atoms with Crippen molar-refractivity contribution in [2.24, 2.45) is 0 Å². The summed E-state index contributed by atoms with van der Waals surface area (Å²) in [5, 5.41) is 14.0. The number of nitrogens with zero attached hydrogens (tertiary/aromatic N) is 5. The number of piperazine rings is 1. The molecular formula is C8H16N6. The Labute approximate surface area is 83.3 Å². The standard InChI is InChI=1S/C8H16N6/c1-6-4-14(5-7(2)13(6)3)8-9-11-12-10-8/h6-7H,4-5H2,1-3H3,(H,9,10,11,12)/t6-,7+. The molecule has 0 bridgehead atoms. The van der Waals surface area contributed by atoms with E-state index in [0.717, 1.165) is 13.1 Å². The Bertz CT molecular complexity index is 272. The van der Waals surface area contributed by atoms with Crippen molar-refractivity contribution in [3.8, 4) is 0 Å². The highest BCUT2D eigenvalue weighted by Gasteiger charge is 2.28. The second kappa shape index (κ2) is 3.53. The summed E-state index contributed by atoms with van der Waals surface area (Å²) < 4.78 is 0. The predicted molar refractivity (Wildman–Crippen MR) is 53.1 cm³/mol. The Kier molecular flexibility index (Phi) is 2.37. The lowest BCUT2D eigenvalue weighted by molar-refractivity contribution is 0.169. The Morgan fingerprint density at radius 1 is 1.29 bits per heavy atom. The minimum absolute atomic E-state index is 0.525. The van der Waals surface area contributed by atoms with Crippen LogP contribution in [0.2, 0.25) is 0 Å². The van der Waals surface area contributed by atoms with Crippen molar-refractivity contribution in [3.05, 3.63) is 0 Å². The first-order valence-electron chi connectivity index (χ1n) is 4.89. The van der Waals surface area contributed by atoms with Crippen molar-refractivity contribution in [2.75, 3.05) is 25.0 Å². The summed E-state index contributed by atoms with van der Waals surface area (Å²) in [6.07, 6.45) is 0. The van der Waals surface area contributed by atoms with Gasteiger partial charge in [0.25, 0.3) is 5.95 Å². The van der Waals surface area contributed by atoms with Crippen molar-refractivity contribution in [3.63, 3.8) is 0 Å². The molecule has 0 amide bonds. The largest absolute Gasteiger partial charge is 0.335 e. The van der Waals surface area contributed by atoms with Crippen LogP contribution in [0.5, 0.6) is 0 Å². The summed E-state index contributed by atoms with van der Waals surface area (Å²) in [5.74, 6) is 0.705. The van der Waals surface area contributed by atoms with Gasteiger partial charge in [-0.3, -0.25) is 4.90 Å². The summed E-state index contributed by atoms with van der Waals surface area (Å²) >= 11 is 0. The minimum Gasteiger partial charge on any atom is -0.335 e. The van der Waals surface area contributed by atoms with Gasteiger partial charge in [0.05, 0.1) is 0 Å². The van der Waals surface area contributed by atoms with Gasteiger partial charge in [0.15, 0.2) is 0 Å². The zero-order chi connectivity index (χ0) is 10.1. The zero-order valence-corrected chi connectivity index (χ0v) is 8.80. The molecule has 2 heterocycles. The van der Waals surface area contributed by atoms with Gasteiger partial charge in [0.1, 0.15) is 0 Å². The fourth-order valence-electron chi connectivity index (χ4n) is 1.86. The van der Waals surface area contributed by atoms with E-state index in [1.165, 1.54) is 0 Å². The molecular weight excluding hydrogens is 180 g/mol. The summed E-state index contributed by atoms with van der Waals surface area (Å²) in [6.45, 7) is 6.34. The number of rotatable bonds is 1. The molecule has 6 heteroatoms. The number of likely N-dealkylation sites (N-methyl/N-ethyl adjacent to an activating group) is 1. The monoisotopic (exact) mass is 196 g/mol. The molecule has 2 atom stereocenters. The lowest BCUT2D eigenvalue weighted by Crippen LogP contribution is -2.55. The second-order valence-electron chi connectivity index (χ2n) is 3.98. The van der Waals surface area contributed by atoms with Gasteiger partial charge in [-0.15, -0.1) is 5.10 Å². The first-order chi connectivity index (χ1) is 6.68. The number of H-pyrrole nitrogens is 1. The van der Waals surface area contributed by atoms with Gasteiger partial charge in [-0.1, -0.05) is 5.10 Å². The van der Waals surface area contributed by atoms with Crippen LogP contribution in [0.3, 0.4) is 0 Å². The molecule has 1 N–H and O–H groups in total. The smallest absolute Gasteiger partial charge is 0.265 e. The van der Waals surface area contributed by atoms with Gasteiger partial charge in [0.2, 0.25) is 0 Å². The van der Waals surface area contributed by atoms with Crippen LogP contribution < -0.4 is 4.90 Å². The number of nitrogens with one attached hydrogen (secondary N) is 1. The van der Waals surface area contributed by atoms with E-state index in [1.807, 2.05) is 0 Å². The zero-order valence-electron chi connectivity index (χ0n) is 8.80. The first kappa shape index (κ1) is 9.39. The Morgan fingerprint density at radius 3 is 2.43 bits per heavy atom. The maximum Gasteiger partial charge on any atom is 0.265 e. The Morgan fingerprint density at radius 2 is 1.93 bits per heavy atom. The molecule has 1 aliphatic rings. The van der Waals surface area contributed by atoms with Crippen LogP contribution in [-0.2, 0) is 0 Å². The third kappa shape index (κ3) is 1.57. The third-order valence-electron chi connectivity index (χ3n) is 2.98. The molecule has 0 radical (unpaired) electrons. The summed E-state index contributed by atoms with van der Waals surface area (Å²) in [4.78, 5) is 4.54. The molecule has 1 fully saturated rings. The van der Waals surface area contributed by atoms with Crippen LogP contribution in [-0.4, -0.2) is 57.7 Å². The summed E-state index contributed by atoms with van der Waals surface area (Å²) in [6, 6.07) is 1.05. The molecule has 0 unspecified atom stereocenters. The van der Waals surface area contributed by atoms with Crippen LogP contribution in [0.15, 0.2) is 0 Å². The van der Waals surface area contributed by atoms with Crippen molar-refractivity contribution in [1.82, 2.24) is 25.5 Å². The predicted octanol–water partition coefficient (Wildman–Crippen LogP) is -0.271. The second-order valence-corrected chi connectivity index (χ2v) is 3.98. The summed E-state index contributed by atoms with van der Waals surface area (Å²) in [7, 11) is 2.16. The van der Waals surface area contributed by atoms with Crippen LogP contribution >= 0.6 is 0 Å². The maximum atomic E-state index is 3.99.